The van der Waals surface area contributed by atoms with Crippen molar-refractivity contribution in [1.82, 2.24) is 29.6 Å². The summed E-state index contributed by atoms with van der Waals surface area (Å²) in [5, 5.41) is 19.2. The fraction of sp³-hybridized carbons (Fsp3) is 0.333. The molecule has 1 atom stereocenters. The van der Waals surface area contributed by atoms with Gasteiger partial charge in [0.25, 0.3) is 0 Å². The van der Waals surface area contributed by atoms with E-state index >= 15 is 0 Å². The molecule has 1 fully saturated rings. The van der Waals surface area contributed by atoms with Gasteiger partial charge in [0.2, 0.25) is 0 Å². The van der Waals surface area contributed by atoms with E-state index in [1.54, 1.807) is 10.6 Å². The van der Waals surface area contributed by atoms with Crippen LogP contribution in [0.15, 0.2) is 30.3 Å². The SMILES string of the molecule is Cc1nn(C)c(C)c1C1CCCN1c1ccc2nnc(-c3cc(Cl)cc(Cl)c3)n2n1. The van der Waals surface area contributed by atoms with E-state index in [-0.39, 0.29) is 6.04 Å². The number of hydrogen-bond donors (Lipinski definition) is 0. The number of halogens is 2. The highest BCUT2D eigenvalue weighted by molar-refractivity contribution is 6.35. The Morgan fingerprint density at radius 2 is 1.77 bits per heavy atom. The number of benzene rings is 1. The van der Waals surface area contributed by atoms with Gasteiger partial charge in [-0.1, -0.05) is 23.2 Å². The monoisotopic (exact) mass is 441 g/mol. The first kappa shape index (κ1) is 19.3. The van der Waals surface area contributed by atoms with Crippen LogP contribution in [0.5, 0.6) is 0 Å². The van der Waals surface area contributed by atoms with Gasteiger partial charge in [0, 0.05) is 40.5 Å². The lowest BCUT2D eigenvalue weighted by molar-refractivity contribution is 0.687. The van der Waals surface area contributed by atoms with Crippen LogP contribution < -0.4 is 4.90 Å². The van der Waals surface area contributed by atoms with Crippen LogP contribution in [0.25, 0.3) is 17.0 Å². The number of aryl methyl sites for hydroxylation is 2. The van der Waals surface area contributed by atoms with E-state index in [1.807, 2.05) is 36.0 Å². The van der Waals surface area contributed by atoms with Crippen molar-refractivity contribution < 1.29 is 0 Å². The molecule has 0 saturated carbocycles. The van der Waals surface area contributed by atoms with Crippen LogP contribution in [-0.4, -0.2) is 36.1 Å². The summed E-state index contributed by atoms with van der Waals surface area (Å²) in [6.45, 7) is 5.15. The van der Waals surface area contributed by atoms with Gasteiger partial charge in [-0.25, -0.2) is 0 Å². The number of fused-ring (bicyclic) bond motifs is 1. The maximum atomic E-state index is 6.19. The van der Waals surface area contributed by atoms with Crippen molar-refractivity contribution >= 4 is 34.7 Å². The lowest BCUT2D eigenvalue weighted by Crippen LogP contribution is -2.25. The molecule has 1 unspecified atom stereocenters. The van der Waals surface area contributed by atoms with Gasteiger partial charge in [0.05, 0.1) is 11.7 Å². The van der Waals surface area contributed by atoms with Crippen LogP contribution in [0, 0.1) is 13.8 Å². The molecular weight excluding hydrogens is 421 g/mol. The topological polar surface area (TPSA) is 64.1 Å². The summed E-state index contributed by atoms with van der Waals surface area (Å²) in [6, 6.07) is 9.55. The summed E-state index contributed by atoms with van der Waals surface area (Å²) in [5.41, 5.74) is 5.02. The van der Waals surface area contributed by atoms with Crippen molar-refractivity contribution in [2.24, 2.45) is 7.05 Å². The molecule has 30 heavy (non-hydrogen) atoms. The van der Waals surface area contributed by atoms with Crippen molar-refractivity contribution in [3.05, 3.63) is 57.3 Å². The minimum absolute atomic E-state index is 0.254. The summed E-state index contributed by atoms with van der Waals surface area (Å²) in [6.07, 6.45) is 2.18. The number of anilines is 1. The van der Waals surface area contributed by atoms with Gasteiger partial charge in [0.15, 0.2) is 11.5 Å². The third-order valence-electron chi connectivity index (χ3n) is 5.81. The van der Waals surface area contributed by atoms with Crippen molar-refractivity contribution in [2.45, 2.75) is 32.7 Å². The summed E-state index contributed by atoms with van der Waals surface area (Å²) in [5.74, 6) is 1.50. The molecule has 0 radical (unpaired) electrons. The van der Waals surface area contributed by atoms with Crippen LogP contribution in [0.3, 0.4) is 0 Å². The van der Waals surface area contributed by atoms with Gasteiger partial charge in [-0.05, 0) is 57.0 Å². The van der Waals surface area contributed by atoms with Gasteiger partial charge in [-0.15, -0.1) is 15.3 Å². The van der Waals surface area contributed by atoms with Crippen molar-refractivity contribution in [3.63, 3.8) is 0 Å². The summed E-state index contributed by atoms with van der Waals surface area (Å²) in [7, 11) is 2.00. The first-order valence-electron chi connectivity index (χ1n) is 9.88. The minimum Gasteiger partial charge on any atom is -0.348 e. The summed E-state index contributed by atoms with van der Waals surface area (Å²) < 4.78 is 3.72. The molecule has 1 aliphatic rings. The van der Waals surface area contributed by atoms with Crippen molar-refractivity contribution in [3.8, 4) is 11.4 Å². The smallest absolute Gasteiger partial charge is 0.185 e. The zero-order valence-corrected chi connectivity index (χ0v) is 18.5. The predicted molar refractivity (Wildman–Crippen MR) is 118 cm³/mol. The second-order valence-electron chi connectivity index (χ2n) is 7.70. The Kier molecular flexibility index (Phi) is 4.67. The molecule has 1 aliphatic heterocycles. The standard InChI is InChI=1S/C21H21Cl2N7/c1-12-20(13(2)28(3)26-12)17-5-4-8-29(17)19-7-6-18-24-25-21(30(18)27-19)14-9-15(22)11-16(23)10-14/h6-7,9-11,17H,4-5,8H2,1-3H3. The molecule has 1 aromatic carbocycles. The number of nitrogens with zero attached hydrogens (tertiary/aromatic N) is 7. The van der Waals surface area contributed by atoms with Gasteiger partial charge >= 0.3 is 0 Å². The van der Waals surface area contributed by atoms with Crippen LogP contribution in [0.1, 0.15) is 35.8 Å². The maximum absolute atomic E-state index is 6.19. The van der Waals surface area contributed by atoms with E-state index in [4.69, 9.17) is 28.3 Å². The lowest BCUT2D eigenvalue weighted by atomic mass is 10.0. The fourth-order valence-electron chi connectivity index (χ4n) is 4.41. The molecular formula is C21H21Cl2N7. The largest absolute Gasteiger partial charge is 0.348 e. The van der Waals surface area contributed by atoms with Crippen LogP contribution >= 0.6 is 23.2 Å². The van der Waals surface area contributed by atoms with Gasteiger partial charge in [-0.3, -0.25) is 4.68 Å². The molecule has 0 amide bonds. The third kappa shape index (κ3) is 3.13. The van der Waals surface area contributed by atoms with E-state index in [9.17, 15) is 0 Å². The molecule has 3 aromatic heterocycles. The molecule has 0 aliphatic carbocycles. The average Bonchev–Trinajstić information content (AvgIpc) is 3.38. The summed E-state index contributed by atoms with van der Waals surface area (Å²) >= 11 is 12.4. The summed E-state index contributed by atoms with van der Waals surface area (Å²) in [4.78, 5) is 2.35. The normalized spacial score (nSPS) is 16.7. The average molecular weight is 442 g/mol. The lowest BCUT2D eigenvalue weighted by Gasteiger charge is -2.26. The Morgan fingerprint density at radius 1 is 1.00 bits per heavy atom. The number of hydrogen-bond acceptors (Lipinski definition) is 5. The molecule has 154 valence electrons. The highest BCUT2D eigenvalue weighted by Gasteiger charge is 2.31. The molecule has 9 heteroatoms. The van der Waals surface area contributed by atoms with E-state index in [0.717, 1.165) is 36.5 Å². The fourth-order valence-corrected chi connectivity index (χ4v) is 4.93. The molecule has 4 heterocycles. The molecule has 1 saturated heterocycles. The Morgan fingerprint density at radius 3 is 2.47 bits per heavy atom. The van der Waals surface area contributed by atoms with Gasteiger partial charge in [-0.2, -0.15) is 9.61 Å². The highest BCUT2D eigenvalue weighted by Crippen LogP contribution is 2.38. The molecule has 0 N–H and O–H groups in total. The highest BCUT2D eigenvalue weighted by atomic mass is 35.5. The Hall–Kier alpha value is -2.64. The number of aromatic nitrogens is 6. The van der Waals surface area contributed by atoms with Crippen molar-refractivity contribution in [1.29, 1.82) is 0 Å². The predicted octanol–water partition coefficient (Wildman–Crippen LogP) is 4.79. The molecule has 0 bridgehead atoms. The van der Waals surface area contributed by atoms with Gasteiger partial charge in [0.1, 0.15) is 5.82 Å². The van der Waals surface area contributed by atoms with Crippen LogP contribution in [0.4, 0.5) is 5.82 Å². The molecule has 4 aromatic rings. The second kappa shape index (κ2) is 7.25. The Labute approximate surface area is 184 Å². The minimum atomic E-state index is 0.254. The maximum Gasteiger partial charge on any atom is 0.185 e. The first-order chi connectivity index (χ1) is 14.4. The second-order valence-corrected chi connectivity index (χ2v) is 8.58. The van der Waals surface area contributed by atoms with Crippen molar-refractivity contribution in [2.75, 3.05) is 11.4 Å². The van der Waals surface area contributed by atoms with E-state index < -0.39 is 0 Å². The van der Waals surface area contributed by atoms with E-state index in [2.05, 4.69) is 34.0 Å². The van der Waals surface area contributed by atoms with Crippen LogP contribution in [-0.2, 0) is 7.05 Å². The Bertz CT molecular complexity index is 1240. The van der Waals surface area contributed by atoms with Gasteiger partial charge < -0.3 is 4.90 Å². The third-order valence-corrected chi connectivity index (χ3v) is 6.25. The molecule has 0 spiro atoms. The van der Waals surface area contributed by atoms with E-state index in [1.165, 1.54) is 11.3 Å². The van der Waals surface area contributed by atoms with E-state index in [0.29, 0.717) is 21.5 Å². The first-order valence-corrected chi connectivity index (χ1v) is 10.6. The molecule has 7 nitrogen and oxygen atoms in total. The number of rotatable bonds is 3. The molecule has 5 rings (SSSR count). The zero-order chi connectivity index (χ0) is 21.0. The zero-order valence-electron chi connectivity index (χ0n) is 17.0. The quantitative estimate of drug-likeness (QED) is 0.457. The van der Waals surface area contributed by atoms with Crippen LogP contribution in [0.2, 0.25) is 10.0 Å². The Balaban J connectivity index is 1.59.